The van der Waals surface area contributed by atoms with Crippen LogP contribution in [-0.2, 0) is 44.9 Å². The standard InChI is InChI=1S/C38H67O7P.C36H53NO6.C7H18NO4P/c1-28(2)18-15-19-29(3)20-16-21-30(4)22-17-25-38(8)26-24-34-33(7)36(31(5)32(6)37(34)45-38)44-35(39)23-13-11-10-12-14-27-43-46(40,41)42-9;1-24(2)12-9-13-25(3)14-10-15-26(4)16-11-22-36(8)23-21-32-29(7)33(27(5)28(6)34(32)43-36)42-35(38)41-31-19-17-30(18-20-31)37(39)40;1-11-13(9,10)12-7-5-3-2-4-6-8/h28-30H,10-27H2,1-9H3,(H,40,41);17-20,24-26H,9-16,21-23H2,1-8H3;2-8H2,1H3,(H,9,10)/p-2. The molecule has 0 aromatic heterocycles. The van der Waals surface area contributed by atoms with Crippen molar-refractivity contribution in [3.63, 3.8) is 0 Å². The summed E-state index contributed by atoms with van der Waals surface area (Å²) in [6.45, 7) is 36.5. The monoisotopic (exact) mass is 1470 g/mol. The Balaban J connectivity index is 0.000000452. The van der Waals surface area contributed by atoms with E-state index in [1.54, 1.807) is 0 Å². The molecular formula is C81H136N2O17P2-2. The summed E-state index contributed by atoms with van der Waals surface area (Å²) in [5.41, 5.74) is 12.9. The van der Waals surface area contributed by atoms with Crippen LogP contribution in [0.2, 0.25) is 0 Å². The predicted octanol–water partition coefficient (Wildman–Crippen LogP) is 21.8. The van der Waals surface area contributed by atoms with E-state index in [9.17, 15) is 38.6 Å². The number of phosphoric ester groups is 2. The molecule has 0 bridgehead atoms. The van der Waals surface area contributed by atoms with Gasteiger partial charge in [-0.05, 0) is 220 Å². The summed E-state index contributed by atoms with van der Waals surface area (Å²) in [5, 5.41) is 10.9. The fraction of sp³-hybridized carbons (Fsp3) is 0.753. The lowest BCUT2D eigenvalue weighted by Crippen LogP contribution is -2.37. The lowest BCUT2D eigenvalue weighted by molar-refractivity contribution is -0.384. The second kappa shape index (κ2) is 47.3. The molecular weight excluding hydrogens is 1330 g/mol. The average Bonchev–Trinajstić information content (AvgIpc) is 0.767. The zero-order chi connectivity index (χ0) is 76.2. The summed E-state index contributed by atoms with van der Waals surface area (Å²) in [6, 6.07) is 5.33. The largest absolute Gasteiger partial charge is 0.756 e. The average molecular weight is 1470 g/mol. The fourth-order valence-corrected chi connectivity index (χ4v) is 14.7. The van der Waals surface area contributed by atoms with Crippen LogP contribution in [0.15, 0.2) is 24.3 Å². The number of carbonyl (C=O) groups is 2. The van der Waals surface area contributed by atoms with Crippen LogP contribution < -0.4 is 39.2 Å². The summed E-state index contributed by atoms with van der Waals surface area (Å²) >= 11 is 0. The molecule has 0 spiro atoms. The highest BCUT2D eigenvalue weighted by Gasteiger charge is 2.37. The van der Waals surface area contributed by atoms with Gasteiger partial charge in [0.2, 0.25) is 0 Å². The van der Waals surface area contributed by atoms with Crippen LogP contribution in [0.4, 0.5) is 10.5 Å². The van der Waals surface area contributed by atoms with Crippen LogP contribution in [0.3, 0.4) is 0 Å². The van der Waals surface area contributed by atoms with Gasteiger partial charge < -0.3 is 57.3 Å². The summed E-state index contributed by atoms with van der Waals surface area (Å²) in [6.07, 6.45) is 33.9. The van der Waals surface area contributed by atoms with E-state index in [2.05, 4.69) is 96.7 Å². The topological polar surface area (TPSA) is 267 Å². The van der Waals surface area contributed by atoms with E-state index in [0.717, 1.165) is 196 Å². The number of nitrogens with two attached hydrogens (primary N) is 1. The normalized spacial score (nSPS) is 18.0. The van der Waals surface area contributed by atoms with E-state index in [0.29, 0.717) is 30.9 Å². The molecule has 0 saturated carbocycles. The van der Waals surface area contributed by atoms with Gasteiger partial charge in [0.05, 0.1) is 18.1 Å². The highest BCUT2D eigenvalue weighted by molar-refractivity contribution is 7.46. The molecule has 584 valence electrons. The number of nitro groups is 1. The molecule has 102 heavy (non-hydrogen) atoms. The zero-order valence-corrected chi connectivity index (χ0v) is 68.2. The van der Waals surface area contributed by atoms with Crippen LogP contribution in [0.1, 0.15) is 306 Å². The second-order valence-electron chi connectivity index (χ2n) is 31.2. The first kappa shape index (κ1) is 91.8. The number of hydrogen-bond acceptors (Lipinski definition) is 18. The number of ether oxygens (including phenoxy) is 5. The third-order valence-corrected chi connectivity index (χ3v) is 22.8. The van der Waals surface area contributed by atoms with Gasteiger partial charge >= 0.3 is 12.1 Å². The quantitative estimate of drug-likeness (QED) is 0.0105. The number of nitrogens with zero attached hydrogens (tertiary/aromatic N) is 1. The summed E-state index contributed by atoms with van der Waals surface area (Å²) in [4.78, 5) is 57.6. The number of phosphoric acid groups is 2. The van der Waals surface area contributed by atoms with Crippen molar-refractivity contribution in [2.75, 3.05) is 34.0 Å². The van der Waals surface area contributed by atoms with Gasteiger partial charge in [-0.25, -0.2) is 4.79 Å². The molecule has 2 aliphatic rings. The Hall–Kier alpha value is -4.42. The molecule has 3 aromatic rings. The van der Waals surface area contributed by atoms with Gasteiger partial charge in [0.1, 0.15) is 39.9 Å². The molecule has 0 fully saturated rings. The van der Waals surface area contributed by atoms with Crippen molar-refractivity contribution in [2.24, 2.45) is 41.2 Å². The maximum absolute atomic E-state index is 12.8. The molecule has 0 radical (unpaired) electrons. The summed E-state index contributed by atoms with van der Waals surface area (Å²) in [5.74, 6) is 7.86. The van der Waals surface area contributed by atoms with Gasteiger partial charge in [-0.15, -0.1) is 0 Å². The number of esters is 1. The first-order valence-corrected chi connectivity index (χ1v) is 41.7. The minimum absolute atomic E-state index is 0.0767. The smallest absolute Gasteiger partial charge is 0.519 e. The molecule has 0 amide bonds. The second-order valence-corrected chi connectivity index (χ2v) is 34.2. The maximum Gasteiger partial charge on any atom is 0.519 e. The lowest BCUT2D eigenvalue weighted by atomic mass is 9.83. The van der Waals surface area contributed by atoms with E-state index in [-0.39, 0.29) is 41.8 Å². The number of hydrogen-bond donors (Lipinski definition) is 1. The Bertz CT molecular complexity index is 3070. The molecule has 0 saturated heterocycles. The number of unbranched alkanes of at least 4 members (excludes halogenated alkanes) is 7. The van der Waals surface area contributed by atoms with Gasteiger partial charge in [-0.3, -0.25) is 24.0 Å². The van der Waals surface area contributed by atoms with E-state index in [1.165, 1.54) is 126 Å². The predicted molar refractivity (Wildman–Crippen MR) is 407 cm³/mol. The Morgan fingerprint density at radius 3 is 1.25 bits per heavy atom. The third kappa shape index (κ3) is 34.9. The summed E-state index contributed by atoms with van der Waals surface area (Å²) < 4.78 is 69.9. The minimum Gasteiger partial charge on any atom is -0.756 e. The molecule has 3 aromatic carbocycles. The number of non-ortho nitro benzene ring substituents is 1. The van der Waals surface area contributed by atoms with Crippen molar-refractivity contribution in [1.29, 1.82) is 0 Å². The zero-order valence-electron chi connectivity index (χ0n) is 66.4. The number of nitro benzene ring substituents is 1. The highest BCUT2D eigenvalue weighted by atomic mass is 31.2. The number of rotatable bonds is 46. The van der Waals surface area contributed by atoms with Crippen LogP contribution in [0.5, 0.6) is 28.7 Å². The molecule has 19 nitrogen and oxygen atoms in total. The first-order chi connectivity index (χ1) is 48.1. The van der Waals surface area contributed by atoms with E-state index in [1.807, 2.05) is 27.7 Å². The molecule has 21 heteroatoms. The van der Waals surface area contributed by atoms with Crippen LogP contribution in [-0.4, -0.2) is 62.2 Å². The van der Waals surface area contributed by atoms with Crippen molar-refractivity contribution in [1.82, 2.24) is 0 Å². The van der Waals surface area contributed by atoms with Gasteiger partial charge in [-0.2, -0.15) is 0 Å². The van der Waals surface area contributed by atoms with Gasteiger partial charge in [-0.1, -0.05) is 177 Å². The van der Waals surface area contributed by atoms with Crippen molar-refractivity contribution in [3.8, 4) is 28.7 Å². The number of carbonyl (C=O) groups excluding carboxylic acids is 2. The lowest BCUT2D eigenvalue weighted by Gasteiger charge is -2.38. The van der Waals surface area contributed by atoms with Gasteiger partial charge in [0, 0.05) is 43.9 Å². The first-order valence-electron chi connectivity index (χ1n) is 38.8. The molecule has 8 unspecified atom stereocenters. The highest BCUT2D eigenvalue weighted by Crippen LogP contribution is 2.48. The third-order valence-electron chi connectivity index (χ3n) is 20.9. The van der Waals surface area contributed by atoms with Crippen LogP contribution in [0, 0.1) is 87.2 Å². The van der Waals surface area contributed by atoms with Crippen LogP contribution >= 0.6 is 15.6 Å². The summed E-state index contributed by atoms with van der Waals surface area (Å²) in [7, 11) is -5.97. The molecule has 5 rings (SSSR count). The minimum atomic E-state index is -4.14. The van der Waals surface area contributed by atoms with Crippen LogP contribution in [0.25, 0.3) is 0 Å². The Morgan fingerprint density at radius 1 is 0.500 bits per heavy atom. The van der Waals surface area contributed by atoms with Crippen molar-refractivity contribution < 1.29 is 75.2 Å². The Morgan fingerprint density at radius 2 is 0.863 bits per heavy atom. The maximum atomic E-state index is 12.8. The van der Waals surface area contributed by atoms with Gasteiger partial charge in [0.15, 0.2) is 0 Å². The molecule has 2 heterocycles. The van der Waals surface area contributed by atoms with E-state index in [4.69, 9.17) is 33.9 Å². The number of fused-ring (bicyclic) bond motifs is 2. The fourth-order valence-electron chi connectivity index (χ4n) is 13.8. The SMILES string of the molecule is COP(=O)([O-])OCCCCCCCC(=O)Oc1c(C)c(C)c2c(c1C)CCC(C)(CCCC(C)CCCC(C)CCCC(C)C)O2.COP(=O)([O-])OCCCCCCN.Cc1c(C)c2c(c(C)c1OC(=O)Oc1ccc([N+](=O)[O-])cc1)CCC(C)(CCCC(C)CCCC(C)CCCC(C)C)O2. The molecule has 2 aliphatic heterocycles. The van der Waals surface area contributed by atoms with Gasteiger partial charge in [0.25, 0.3) is 21.3 Å². The van der Waals surface area contributed by atoms with E-state index >= 15 is 0 Å². The van der Waals surface area contributed by atoms with Crippen molar-refractivity contribution in [3.05, 3.63) is 78.9 Å². The Kier molecular flexibility index (Phi) is 42.6. The molecule has 8 atom stereocenters. The van der Waals surface area contributed by atoms with Crippen molar-refractivity contribution in [2.45, 2.75) is 327 Å². The Labute approximate surface area is 616 Å². The number of benzene rings is 3. The molecule has 0 aliphatic carbocycles. The molecule has 2 N–H and O–H groups in total. The van der Waals surface area contributed by atoms with Crippen molar-refractivity contribution >= 4 is 33.5 Å². The van der Waals surface area contributed by atoms with E-state index < -0.39 is 26.7 Å².